The molecule has 0 radical (unpaired) electrons. The summed E-state index contributed by atoms with van der Waals surface area (Å²) in [5.74, 6) is 0. The van der Waals surface area contributed by atoms with E-state index in [2.05, 4.69) is 129 Å². The number of benzene rings is 4. The van der Waals surface area contributed by atoms with Gasteiger partial charge in [-0.25, -0.2) is 9.13 Å². The van der Waals surface area contributed by atoms with Gasteiger partial charge in [0.25, 0.3) is 0 Å². The van der Waals surface area contributed by atoms with Gasteiger partial charge >= 0.3 is 0 Å². The molecule has 0 amide bonds. The van der Waals surface area contributed by atoms with Gasteiger partial charge in [0.15, 0.2) is 12.4 Å². The molecule has 6 rings (SSSR count). The first-order valence-electron chi connectivity index (χ1n) is 16.6. The van der Waals surface area contributed by atoms with Gasteiger partial charge in [0.1, 0.15) is 14.1 Å². The lowest BCUT2D eigenvalue weighted by atomic mass is 9.97. The Kier molecular flexibility index (Phi) is 8.05. The fourth-order valence-electron chi connectivity index (χ4n) is 5.93. The molecule has 0 aliphatic heterocycles. The van der Waals surface area contributed by atoms with Crippen LogP contribution in [-0.4, -0.2) is 0 Å². The Balaban J connectivity index is 0.000000186. The van der Waals surface area contributed by atoms with Gasteiger partial charge in [0.05, 0.1) is 0 Å². The first-order chi connectivity index (χ1) is 22.3. The minimum atomic E-state index is -2.07. The van der Waals surface area contributed by atoms with Crippen molar-refractivity contribution >= 4 is 0 Å². The normalized spacial score (nSPS) is 12.0. The number of aryl methyl sites for hydroxylation is 8. The molecule has 2 aromatic heterocycles. The van der Waals surface area contributed by atoms with Crippen LogP contribution in [0.2, 0.25) is 0 Å². The summed E-state index contributed by atoms with van der Waals surface area (Å²) in [4.78, 5) is 0. The van der Waals surface area contributed by atoms with Crippen molar-refractivity contribution in [3.63, 3.8) is 0 Å². The molecule has 0 aliphatic carbocycles. The Morgan fingerprint density at radius 1 is 0.432 bits per heavy atom. The van der Waals surface area contributed by atoms with Crippen LogP contribution in [0.25, 0.3) is 44.8 Å². The van der Waals surface area contributed by atoms with Crippen molar-refractivity contribution in [2.75, 3.05) is 0 Å². The van der Waals surface area contributed by atoms with E-state index in [1.165, 1.54) is 55.8 Å². The summed E-state index contributed by atoms with van der Waals surface area (Å²) in [5.41, 5.74) is 16.1. The lowest BCUT2D eigenvalue weighted by Gasteiger charge is -2.10. The van der Waals surface area contributed by atoms with E-state index < -0.39 is 6.85 Å². The fraction of sp³-hybridized carbons (Fsp3) is 0.190. The Hall–Kier alpha value is -4.82. The van der Waals surface area contributed by atoms with Crippen molar-refractivity contribution in [2.24, 2.45) is 14.1 Å². The van der Waals surface area contributed by atoms with Crippen LogP contribution < -0.4 is 9.13 Å². The second-order valence-electron chi connectivity index (χ2n) is 11.8. The number of nitrogens with zero attached hydrogens (tertiary/aromatic N) is 2. The van der Waals surface area contributed by atoms with Crippen LogP contribution in [0.3, 0.4) is 0 Å². The van der Waals surface area contributed by atoms with Crippen LogP contribution in [0, 0.1) is 41.5 Å². The van der Waals surface area contributed by atoms with Crippen molar-refractivity contribution in [1.29, 1.82) is 0 Å². The number of aromatic nitrogens is 2. The summed E-state index contributed by atoms with van der Waals surface area (Å²) in [7, 11) is 4.15. The molecular formula is C42H44N2+2. The van der Waals surface area contributed by atoms with E-state index in [0.717, 1.165) is 16.8 Å². The van der Waals surface area contributed by atoms with Crippen LogP contribution in [0.4, 0.5) is 0 Å². The zero-order valence-corrected chi connectivity index (χ0v) is 26.9. The monoisotopic (exact) mass is 579 g/mol. The summed E-state index contributed by atoms with van der Waals surface area (Å²) >= 11 is 0. The van der Waals surface area contributed by atoms with Crippen molar-refractivity contribution in [2.45, 2.75) is 41.5 Å². The Labute approximate surface area is 268 Å². The Morgan fingerprint density at radius 3 is 1.23 bits per heavy atom. The molecule has 0 spiro atoms. The largest absolute Gasteiger partial charge is 0.212 e. The van der Waals surface area contributed by atoms with Gasteiger partial charge < -0.3 is 0 Å². The molecule has 0 fully saturated rings. The molecule has 0 N–H and O–H groups in total. The van der Waals surface area contributed by atoms with Crippen LogP contribution in [0.1, 0.15) is 37.5 Å². The molecule has 0 bridgehead atoms. The first kappa shape index (κ1) is 26.8. The van der Waals surface area contributed by atoms with Gasteiger partial charge in [-0.05, 0) is 87.0 Å². The fourth-order valence-corrected chi connectivity index (χ4v) is 5.93. The number of hydrogen-bond acceptors (Lipinski definition) is 0. The predicted octanol–water partition coefficient (Wildman–Crippen LogP) is 9.54. The lowest BCUT2D eigenvalue weighted by Crippen LogP contribution is -2.31. The number of rotatable bonds is 4. The smallest absolute Gasteiger partial charge is 0.200 e. The van der Waals surface area contributed by atoms with E-state index in [1.807, 2.05) is 38.2 Å². The standard InChI is InChI=1S/2C21H22N/c2*1-15-10-11-19(16(2)12-15)21-13-17(3)20(14-22(21)4)18-8-6-5-7-9-18/h2*5-14H,1-4H3/q2*+1/i1D3;. The van der Waals surface area contributed by atoms with Gasteiger partial charge in [-0.2, -0.15) is 0 Å². The summed E-state index contributed by atoms with van der Waals surface area (Å²) in [6.45, 7) is 8.51. The first-order valence-corrected chi connectivity index (χ1v) is 15.1. The molecule has 2 heterocycles. The summed E-state index contributed by atoms with van der Waals surface area (Å²) in [6, 6.07) is 37.4. The summed E-state index contributed by atoms with van der Waals surface area (Å²) in [6.07, 6.45) is 4.37. The van der Waals surface area contributed by atoms with Gasteiger partial charge in [-0.1, -0.05) is 96.1 Å². The maximum atomic E-state index is 7.57. The van der Waals surface area contributed by atoms with Gasteiger partial charge in [0.2, 0.25) is 11.4 Å². The Bertz CT molecular complexity index is 2030. The maximum Gasteiger partial charge on any atom is 0.212 e. The third-order valence-corrected chi connectivity index (χ3v) is 8.29. The molecule has 0 saturated heterocycles. The van der Waals surface area contributed by atoms with E-state index in [-0.39, 0.29) is 0 Å². The highest BCUT2D eigenvalue weighted by Gasteiger charge is 2.18. The molecule has 0 atom stereocenters. The second-order valence-corrected chi connectivity index (χ2v) is 11.8. The van der Waals surface area contributed by atoms with Crippen LogP contribution in [-0.2, 0) is 14.1 Å². The highest BCUT2D eigenvalue weighted by atomic mass is 14.9. The zero-order valence-electron chi connectivity index (χ0n) is 29.9. The van der Waals surface area contributed by atoms with Gasteiger partial charge in [0, 0.05) is 38.5 Å². The third kappa shape index (κ3) is 6.71. The van der Waals surface area contributed by atoms with Crippen LogP contribution in [0.5, 0.6) is 0 Å². The second kappa shape index (κ2) is 13.2. The topological polar surface area (TPSA) is 7.76 Å². The SMILES string of the molecule is Cc1ccc(-c2cc(C)c(-c3ccccc3)c[n+]2C)c(C)c1.[2H]C([2H])([2H])c1ccc(-c2cc(C)c(-c3ccccc3)c[n+]2C)c(C)c1. The molecule has 0 aliphatic rings. The predicted molar refractivity (Wildman–Crippen MR) is 185 cm³/mol. The summed E-state index contributed by atoms with van der Waals surface area (Å²) < 4.78 is 27.1. The van der Waals surface area contributed by atoms with Gasteiger partial charge in [-0.3, -0.25) is 0 Å². The Morgan fingerprint density at radius 2 is 0.818 bits per heavy atom. The minimum Gasteiger partial charge on any atom is -0.200 e. The summed E-state index contributed by atoms with van der Waals surface area (Å²) in [5, 5.41) is 0. The van der Waals surface area contributed by atoms with Crippen molar-refractivity contribution < 1.29 is 13.2 Å². The zero-order chi connectivity index (χ0) is 33.9. The lowest BCUT2D eigenvalue weighted by molar-refractivity contribution is -0.660. The molecule has 2 nitrogen and oxygen atoms in total. The molecule has 6 aromatic rings. The highest BCUT2D eigenvalue weighted by molar-refractivity contribution is 5.71. The molecular weight excluding hydrogens is 532 g/mol. The maximum absolute atomic E-state index is 7.57. The average molecular weight is 580 g/mol. The van der Waals surface area contributed by atoms with Crippen molar-refractivity contribution in [3.05, 3.63) is 155 Å². The van der Waals surface area contributed by atoms with Crippen LogP contribution in [0.15, 0.2) is 122 Å². The van der Waals surface area contributed by atoms with Crippen molar-refractivity contribution in [3.8, 4) is 44.8 Å². The van der Waals surface area contributed by atoms with E-state index in [4.69, 9.17) is 4.11 Å². The van der Waals surface area contributed by atoms with E-state index >= 15 is 0 Å². The average Bonchev–Trinajstić information content (AvgIpc) is 3.04. The van der Waals surface area contributed by atoms with Gasteiger partial charge in [-0.15, -0.1) is 0 Å². The van der Waals surface area contributed by atoms with E-state index in [9.17, 15) is 0 Å². The molecule has 4 aromatic carbocycles. The number of hydrogen-bond donors (Lipinski definition) is 0. The van der Waals surface area contributed by atoms with E-state index in [0.29, 0.717) is 5.56 Å². The highest BCUT2D eigenvalue weighted by Crippen LogP contribution is 2.29. The quantitative estimate of drug-likeness (QED) is 0.184. The molecule has 2 heteroatoms. The molecule has 44 heavy (non-hydrogen) atoms. The van der Waals surface area contributed by atoms with Crippen molar-refractivity contribution in [1.82, 2.24) is 0 Å². The van der Waals surface area contributed by atoms with Crippen LogP contribution >= 0.6 is 0 Å². The molecule has 220 valence electrons. The molecule has 0 unspecified atom stereocenters. The van der Waals surface area contributed by atoms with E-state index in [1.54, 1.807) is 12.1 Å². The third-order valence-electron chi connectivity index (χ3n) is 8.29. The molecule has 0 saturated carbocycles. The minimum absolute atomic E-state index is 0.383. The number of pyridine rings is 2.